The van der Waals surface area contributed by atoms with E-state index < -0.39 is 6.10 Å². The number of ketones is 1. The van der Waals surface area contributed by atoms with Gasteiger partial charge in [0.1, 0.15) is 17.6 Å². The number of aliphatic hydroxyl groups is 1. The second-order valence-corrected chi connectivity index (χ2v) is 8.28. The predicted octanol–water partition coefficient (Wildman–Crippen LogP) is 4.63. The Hall–Kier alpha value is -4.37. The van der Waals surface area contributed by atoms with Crippen LogP contribution in [-0.4, -0.2) is 36.2 Å². The molecule has 3 aromatic heterocycles. The van der Waals surface area contributed by atoms with Crippen molar-refractivity contribution in [2.75, 3.05) is 0 Å². The third-order valence-electron chi connectivity index (χ3n) is 5.74. The lowest BCUT2D eigenvalue weighted by Gasteiger charge is -2.10. The number of carbonyl (C=O) groups is 1. The fraction of sp³-hybridized carbons (Fsp3) is 0.192. The molecule has 1 unspecified atom stereocenters. The Bertz CT molecular complexity index is 1450. The average Bonchev–Trinajstić information content (AvgIpc) is 3.62. The number of hydrogen-bond donors (Lipinski definition) is 2. The molecule has 35 heavy (non-hydrogen) atoms. The zero-order valence-electron chi connectivity index (χ0n) is 19.2. The third kappa shape index (κ3) is 4.67. The van der Waals surface area contributed by atoms with Gasteiger partial charge in [0.15, 0.2) is 5.78 Å². The molecular formula is C26H23N5O4. The Balaban J connectivity index is 1.28. The molecule has 0 saturated heterocycles. The van der Waals surface area contributed by atoms with Crippen LogP contribution in [0.1, 0.15) is 35.2 Å². The Morgan fingerprint density at radius 2 is 1.77 bits per heavy atom. The number of carbonyl (C=O) groups excluding carboxylic acids is 1. The van der Waals surface area contributed by atoms with Crippen molar-refractivity contribution >= 4 is 5.78 Å². The van der Waals surface area contributed by atoms with Crippen LogP contribution in [0.5, 0.6) is 0 Å². The van der Waals surface area contributed by atoms with Crippen LogP contribution >= 0.6 is 0 Å². The standard InChI is InChI=1S/C26H23N5O4/c1-15-14-27-21(28-15)13-12-20(32)23(33)18-8-10-19(11-9-18)25-29-26(35-31-25)24-16(2)22(30-34-24)17-6-4-3-5-7-17/h3-11,14,23,33H,12-13H2,1-2H3,(H,27,28). The molecule has 9 nitrogen and oxygen atoms in total. The quantitative estimate of drug-likeness (QED) is 0.336. The first-order valence-electron chi connectivity index (χ1n) is 11.2. The van der Waals surface area contributed by atoms with Crippen molar-refractivity contribution in [2.24, 2.45) is 0 Å². The number of aliphatic hydroxyl groups excluding tert-OH is 1. The van der Waals surface area contributed by atoms with E-state index in [-0.39, 0.29) is 18.1 Å². The van der Waals surface area contributed by atoms with Gasteiger partial charge in [-0.3, -0.25) is 4.79 Å². The lowest BCUT2D eigenvalue weighted by atomic mass is 10.0. The zero-order chi connectivity index (χ0) is 24.4. The highest BCUT2D eigenvalue weighted by Gasteiger charge is 2.22. The molecule has 0 bridgehead atoms. The summed E-state index contributed by atoms with van der Waals surface area (Å²) in [6.07, 6.45) is 1.13. The number of nitrogens with zero attached hydrogens (tertiary/aromatic N) is 4. The van der Waals surface area contributed by atoms with Gasteiger partial charge in [0.25, 0.3) is 5.89 Å². The number of nitrogens with one attached hydrogen (secondary N) is 1. The van der Waals surface area contributed by atoms with Crippen LogP contribution in [0, 0.1) is 13.8 Å². The van der Waals surface area contributed by atoms with Gasteiger partial charge in [-0.2, -0.15) is 4.98 Å². The minimum absolute atomic E-state index is 0.186. The summed E-state index contributed by atoms with van der Waals surface area (Å²) in [7, 11) is 0. The molecule has 5 rings (SSSR count). The Labute approximate surface area is 200 Å². The molecular weight excluding hydrogens is 446 g/mol. The summed E-state index contributed by atoms with van der Waals surface area (Å²) in [6, 6.07) is 16.5. The van der Waals surface area contributed by atoms with E-state index in [1.165, 1.54) is 0 Å². The van der Waals surface area contributed by atoms with E-state index in [1.54, 1.807) is 30.5 Å². The lowest BCUT2D eigenvalue weighted by Crippen LogP contribution is -2.13. The summed E-state index contributed by atoms with van der Waals surface area (Å²) < 4.78 is 10.9. The molecule has 0 fully saturated rings. The second-order valence-electron chi connectivity index (χ2n) is 8.28. The fourth-order valence-corrected chi connectivity index (χ4v) is 3.81. The number of aryl methyl sites for hydroxylation is 2. The monoisotopic (exact) mass is 469 g/mol. The highest BCUT2D eigenvalue weighted by Crippen LogP contribution is 2.31. The summed E-state index contributed by atoms with van der Waals surface area (Å²) in [5, 5.41) is 18.7. The number of benzene rings is 2. The smallest absolute Gasteiger partial charge is 0.297 e. The number of rotatable bonds is 8. The molecule has 0 aliphatic carbocycles. The van der Waals surface area contributed by atoms with Crippen LogP contribution in [0.4, 0.5) is 0 Å². The van der Waals surface area contributed by atoms with Gasteiger partial charge in [0.05, 0.1) is 0 Å². The highest BCUT2D eigenvalue weighted by atomic mass is 16.5. The van der Waals surface area contributed by atoms with Gasteiger partial charge in [0, 0.05) is 41.4 Å². The maximum absolute atomic E-state index is 12.4. The lowest BCUT2D eigenvalue weighted by molar-refractivity contribution is -0.127. The Morgan fingerprint density at radius 1 is 1.00 bits per heavy atom. The van der Waals surface area contributed by atoms with Crippen molar-refractivity contribution in [2.45, 2.75) is 32.8 Å². The molecule has 1 atom stereocenters. The molecule has 2 aromatic carbocycles. The topological polar surface area (TPSA) is 131 Å². The van der Waals surface area contributed by atoms with Crippen molar-refractivity contribution in [1.82, 2.24) is 25.3 Å². The van der Waals surface area contributed by atoms with E-state index in [9.17, 15) is 9.90 Å². The molecule has 176 valence electrons. The molecule has 0 aliphatic heterocycles. The van der Waals surface area contributed by atoms with Gasteiger partial charge in [-0.05, 0) is 19.4 Å². The predicted molar refractivity (Wildman–Crippen MR) is 127 cm³/mol. The van der Waals surface area contributed by atoms with Crippen molar-refractivity contribution in [3.8, 4) is 34.3 Å². The normalized spacial score (nSPS) is 12.1. The molecule has 2 N–H and O–H groups in total. The molecule has 0 radical (unpaired) electrons. The van der Waals surface area contributed by atoms with E-state index in [4.69, 9.17) is 9.05 Å². The van der Waals surface area contributed by atoms with E-state index in [2.05, 4.69) is 25.3 Å². The largest absolute Gasteiger partial charge is 0.381 e. The van der Waals surface area contributed by atoms with E-state index in [0.717, 1.165) is 22.6 Å². The van der Waals surface area contributed by atoms with Crippen LogP contribution in [0.15, 0.2) is 69.8 Å². The van der Waals surface area contributed by atoms with Crippen LogP contribution in [-0.2, 0) is 11.2 Å². The van der Waals surface area contributed by atoms with Crippen LogP contribution in [0.25, 0.3) is 34.3 Å². The molecule has 0 aliphatic rings. The van der Waals surface area contributed by atoms with Crippen LogP contribution in [0.3, 0.4) is 0 Å². The summed E-state index contributed by atoms with van der Waals surface area (Å²) in [5.41, 5.74) is 4.55. The van der Waals surface area contributed by atoms with Gasteiger partial charge in [0.2, 0.25) is 11.6 Å². The second kappa shape index (κ2) is 9.47. The van der Waals surface area contributed by atoms with Gasteiger partial charge in [-0.25, -0.2) is 4.98 Å². The van der Waals surface area contributed by atoms with E-state index >= 15 is 0 Å². The number of H-pyrrole nitrogens is 1. The molecule has 0 spiro atoms. The molecule has 3 heterocycles. The number of aromatic nitrogens is 5. The van der Waals surface area contributed by atoms with Crippen LogP contribution < -0.4 is 0 Å². The number of Topliss-reactive ketones (excluding diaryl/α,β-unsaturated/α-hetero) is 1. The number of aromatic amines is 1. The van der Waals surface area contributed by atoms with Gasteiger partial charge < -0.3 is 19.1 Å². The summed E-state index contributed by atoms with van der Waals surface area (Å²) in [6.45, 7) is 3.79. The van der Waals surface area contributed by atoms with Crippen molar-refractivity contribution in [3.05, 3.63) is 83.4 Å². The minimum atomic E-state index is -1.21. The SMILES string of the molecule is Cc1cnc(CCC(=O)C(O)c2ccc(-c3noc(-c4onc(-c5ccccc5)c4C)n3)cc2)[nH]1. The number of hydrogen-bond acceptors (Lipinski definition) is 8. The van der Waals surface area contributed by atoms with Crippen molar-refractivity contribution in [1.29, 1.82) is 0 Å². The first-order valence-corrected chi connectivity index (χ1v) is 11.2. The molecule has 5 aromatic rings. The highest BCUT2D eigenvalue weighted by molar-refractivity contribution is 5.84. The van der Waals surface area contributed by atoms with Crippen molar-refractivity contribution < 1.29 is 18.9 Å². The maximum atomic E-state index is 12.4. The first-order chi connectivity index (χ1) is 17.0. The Kier molecular flexibility index (Phi) is 6.07. The average molecular weight is 470 g/mol. The fourth-order valence-electron chi connectivity index (χ4n) is 3.81. The van der Waals surface area contributed by atoms with Crippen molar-refractivity contribution in [3.63, 3.8) is 0 Å². The van der Waals surface area contributed by atoms with Gasteiger partial charge in [-0.1, -0.05) is 64.9 Å². The summed E-state index contributed by atoms with van der Waals surface area (Å²) in [4.78, 5) is 24.1. The first kappa shape index (κ1) is 22.4. The van der Waals surface area contributed by atoms with Gasteiger partial charge >= 0.3 is 0 Å². The van der Waals surface area contributed by atoms with Crippen LogP contribution in [0.2, 0.25) is 0 Å². The van der Waals surface area contributed by atoms with E-state index in [0.29, 0.717) is 34.8 Å². The molecule has 0 saturated carbocycles. The Morgan fingerprint density at radius 3 is 2.49 bits per heavy atom. The molecule has 9 heteroatoms. The number of imidazole rings is 1. The zero-order valence-corrected chi connectivity index (χ0v) is 19.2. The van der Waals surface area contributed by atoms with E-state index in [1.807, 2.05) is 44.2 Å². The molecule has 0 amide bonds. The third-order valence-corrected chi connectivity index (χ3v) is 5.74. The van der Waals surface area contributed by atoms with Gasteiger partial charge in [-0.15, -0.1) is 0 Å². The summed E-state index contributed by atoms with van der Waals surface area (Å²) in [5.74, 6) is 1.44. The maximum Gasteiger partial charge on any atom is 0.297 e. The summed E-state index contributed by atoms with van der Waals surface area (Å²) >= 11 is 0. The minimum Gasteiger partial charge on any atom is -0.381 e.